The summed E-state index contributed by atoms with van der Waals surface area (Å²) in [5.74, 6) is 2.71. The molecule has 26 heavy (non-hydrogen) atoms. The smallest absolute Gasteiger partial charge is 0.133 e. The number of phenolic OH excluding ortho intramolecular Hbond substituents is 1. The number of aryl methyl sites for hydroxylation is 1. The van der Waals surface area contributed by atoms with Crippen molar-refractivity contribution in [3.05, 3.63) is 46.5 Å². The monoisotopic (exact) mass is 353 g/mol. The Kier molecular flexibility index (Phi) is 4.53. The van der Waals surface area contributed by atoms with Crippen LogP contribution in [-0.4, -0.2) is 18.3 Å². The summed E-state index contributed by atoms with van der Waals surface area (Å²) in [6, 6.07) is 7.58. The first-order valence-corrected chi connectivity index (χ1v) is 9.54. The maximum atomic E-state index is 10.4. The molecule has 2 unspecified atom stereocenters. The zero-order chi connectivity index (χ0) is 18.3. The molecule has 4 heteroatoms. The average molecular weight is 353 g/mol. The topological polar surface area (TPSA) is 64.7 Å². The predicted octanol–water partition coefficient (Wildman–Crippen LogP) is 4.70. The van der Waals surface area contributed by atoms with E-state index in [0.29, 0.717) is 11.7 Å². The predicted molar refractivity (Wildman–Crippen MR) is 103 cm³/mol. The Morgan fingerprint density at radius 2 is 2.04 bits per heavy atom. The number of rotatable bonds is 4. The van der Waals surface area contributed by atoms with Crippen molar-refractivity contribution < 1.29 is 14.6 Å². The number of anilines is 1. The number of nitrogen functional groups attached to an aromatic ring is 1. The van der Waals surface area contributed by atoms with Gasteiger partial charge < -0.3 is 20.3 Å². The lowest BCUT2D eigenvalue weighted by molar-refractivity contribution is 0.181. The van der Waals surface area contributed by atoms with E-state index in [1.54, 1.807) is 6.07 Å². The summed E-state index contributed by atoms with van der Waals surface area (Å²) >= 11 is 0. The second kappa shape index (κ2) is 6.84. The van der Waals surface area contributed by atoms with E-state index in [1.165, 1.54) is 11.1 Å². The fourth-order valence-corrected chi connectivity index (χ4v) is 4.36. The molecule has 4 nitrogen and oxygen atoms in total. The highest BCUT2D eigenvalue weighted by Crippen LogP contribution is 2.42. The molecule has 0 bridgehead atoms. The summed E-state index contributed by atoms with van der Waals surface area (Å²) in [5, 5.41) is 10.4. The maximum absolute atomic E-state index is 10.4. The zero-order valence-electron chi connectivity index (χ0n) is 15.5. The summed E-state index contributed by atoms with van der Waals surface area (Å²) in [6.07, 6.45) is 4.20. The van der Waals surface area contributed by atoms with Crippen molar-refractivity contribution in [2.75, 3.05) is 18.9 Å². The van der Waals surface area contributed by atoms with Crippen LogP contribution in [0.15, 0.2) is 24.3 Å². The number of hydrogen-bond donors (Lipinski definition) is 2. The van der Waals surface area contributed by atoms with E-state index in [0.717, 1.165) is 67.2 Å². The normalized spacial score (nSPS) is 20.2. The van der Waals surface area contributed by atoms with Crippen LogP contribution in [0.1, 0.15) is 47.9 Å². The van der Waals surface area contributed by atoms with Gasteiger partial charge in [0.2, 0.25) is 0 Å². The fraction of sp³-hybridized carbons (Fsp3) is 0.455. The number of hydrogen-bond acceptors (Lipinski definition) is 4. The molecule has 1 aliphatic carbocycles. The van der Waals surface area contributed by atoms with Crippen molar-refractivity contribution in [2.45, 2.75) is 45.4 Å². The van der Waals surface area contributed by atoms with E-state index >= 15 is 0 Å². The second-order valence-electron chi connectivity index (χ2n) is 7.66. The maximum Gasteiger partial charge on any atom is 0.133 e. The largest absolute Gasteiger partial charge is 0.508 e. The van der Waals surface area contributed by atoms with Crippen molar-refractivity contribution >= 4 is 5.69 Å². The van der Waals surface area contributed by atoms with E-state index in [1.807, 2.05) is 25.1 Å². The molecule has 1 heterocycles. The average Bonchev–Trinajstić information content (AvgIpc) is 3.31. The van der Waals surface area contributed by atoms with Crippen LogP contribution < -0.4 is 10.5 Å². The molecule has 4 rings (SSSR count). The Labute approximate surface area is 154 Å². The van der Waals surface area contributed by atoms with Gasteiger partial charge in [-0.3, -0.25) is 0 Å². The van der Waals surface area contributed by atoms with Crippen LogP contribution in [0, 0.1) is 12.8 Å². The van der Waals surface area contributed by atoms with Gasteiger partial charge >= 0.3 is 0 Å². The number of aromatic hydroxyl groups is 1. The first kappa shape index (κ1) is 17.2. The van der Waals surface area contributed by atoms with Gasteiger partial charge in [0.05, 0.1) is 6.61 Å². The SMILES string of the molecule is Cc1cc(N)c2c(c1Oc1ccc(O)c(C(C)C3CCOC3)c1)CCC2. The molecule has 138 valence electrons. The number of nitrogens with two attached hydrogens (primary N) is 1. The summed E-state index contributed by atoms with van der Waals surface area (Å²) in [6.45, 7) is 5.77. The lowest BCUT2D eigenvalue weighted by Gasteiger charge is -2.21. The molecule has 0 aromatic heterocycles. The Hall–Kier alpha value is -2.20. The molecule has 1 aliphatic heterocycles. The third-order valence-electron chi connectivity index (χ3n) is 5.95. The number of fused-ring (bicyclic) bond motifs is 1. The van der Waals surface area contributed by atoms with Crippen molar-refractivity contribution in [1.82, 2.24) is 0 Å². The molecule has 2 aliphatic rings. The van der Waals surface area contributed by atoms with Gasteiger partial charge in [0.1, 0.15) is 17.2 Å². The van der Waals surface area contributed by atoms with Crippen LogP contribution in [0.5, 0.6) is 17.2 Å². The lowest BCUT2D eigenvalue weighted by Crippen LogP contribution is -2.10. The zero-order valence-corrected chi connectivity index (χ0v) is 15.5. The first-order chi connectivity index (χ1) is 12.5. The van der Waals surface area contributed by atoms with Gasteiger partial charge in [-0.25, -0.2) is 0 Å². The Morgan fingerprint density at radius 3 is 2.81 bits per heavy atom. The third-order valence-corrected chi connectivity index (χ3v) is 5.95. The van der Waals surface area contributed by atoms with Crippen molar-refractivity contribution in [2.24, 2.45) is 5.92 Å². The second-order valence-corrected chi connectivity index (χ2v) is 7.66. The molecule has 0 spiro atoms. The molecule has 3 N–H and O–H groups in total. The number of ether oxygens (including phenoxy) is 2. The Balaban J connectivity index is 1.66. The molecule has 0 radical (unpaired) electrons. The number of benzene rings is 2. The molecule has 1 fully saturated rings. The van der Waals surface area contributed by atoms with Crippen molar-refractivity contribution in [3.8, 4) is 17.2 Å². The summed E-state index contributed by atoms with van der Waals surface area (Å²) < 4.78 is 11.8. The van der Waals surface area contributed by atoms with Gasteiger partial charge in [0, 0.05) is 23.4 Å². The minimum atomic E-state index is 0.235. The van der Waals surface area contributed by atoms with Gasteiger partial charge in [-0.05, 0) is 79.8 Å². The van der Waals surface area contributed by atoms with Gasteiger partial charge in [0.25, 0.3) is 0 Å². The van der Waals surface area contributed by atoms with Crippen LogP contribution in [-0.2, 0) is 17.6 Å². The van der Waals surface area contributed by atoms with Gasteiger partial charge in [-0.1, -0.05) is 6.92 Å². The van der Waals surface area contributed by atoms with Crippen LogP contribution >= 0.6 is 0 Å². The molecule has 2 atom stereocenters. The summed E-state index contributed by atoms with van der Waals surface area (Å²) in [5.41, 5.74) is 11.5. The van der Waals surface area contributed by atoms with Crippen molar-refractivity contribution in [3.63, 3.8) is 0 Å². The first-order valence-electron chi connectivity index (χ1n) is 9.54. The highest BCUT2D eigenvalue weighted by atomic mass is 16.5. The third kappa shape index (κ3) is 3.03. The highest BCUT2D eigenvalue weighted by molar-refractivity contribution is 5.62. The van der Waals surface area contributed by atoms with Gasteiger partial charge in [0.15, 0.2) is 0 Å². The van der Waals surface area contributed by atoms with Crippen LogP contribution in [0.25, 0.3) is 0 Å². The lowest BCUT2D eigenvalue weighted by atomic mass is 9.86. The Bertz CT molecular complexity index is 825. The van der Waals surface area contributed by atoms with E-state index in [2.05, 4.69) is 6.92 Å². The molecule has 2 aromatic rings. The van der Waals surface area contributed by atoms with Crippen LogP contribution in [0.3, 0.4) is 0 Å². The summed E-state index contributed by atoms with van der Waals surface area (Å²) in [7, 11) is 0. The molecular weight excluding hydrogens is 326 g/mol. The molecule has 0 amide bonds. The standard InChI is InChI=1S/C22H27NO3/c1-13-10-20(23)17-4-3-5-18(17)22(13)26-16-6-7-21(24)19(11-16)14(2)15-8-9-25-12-15/h6-7,10-11,14-15,24H,3-5,8-9,12,23H2,1-2H3. The molecule has 2 aromatic carbocycles. The van der Waals surface area contributed by atoms with E-state index < -0.39 is 0 Å². The number of phenols is 1. The quantitative estimate of drug-likeness (QED) is 0.782. The van der Waals surface area contributed by atoms with E-state index in [-0.39, 0.29) is 5.92 Å². The van der Waals surface area contributed by atoms with E-state index in [4.69, 9.17) is 15.2 Å². The highest BCUT2D eigenvalue weighted by Gasteiger charge is 2.26. The van der Waals surface area contributed by atoms with Crippen LogP contribution in [0.4, 0.5) is 5.69 Å². The van der Waals surface area contributed by atoms with Gasteiger partial charge in [-0.2, -0.15) is 0 Å². The summed E-state index contributed by atoms with van der Waals surface area (Å²) in [4.78, 5) is 0. The fourth-order valence-electron chi connectivity index (χ4n) is 4.36. The van der Waals surface area contributed by atoms with Gasteiger partial charge in [-0.15, -0.1) is 0 Å². The minimum Gasteiger partial charge on any atom is -0.508 e. The van der Waals surface area contributed by atoms with Crippen molar-refractivity contribution in [1.29, 1.82) is 0 Å². The molecule has 1 saturated heterocycles. The minimum absolute atomic E-state index is 0.235. The van der Waals surface area contributed by atoms with E-state index in [9.17, 15) is 5.11 Å². The molecular formula is C22H27NO3. The molecule has 0 saturated carbocycles. The Morgan fingerprint density at radius 1 is 1.23 bits per heavy atom. The van der Waals surface area contributed by atoms with Crippen LogP contribution in [0.2, 0.25) is 0 Å².